The highest BCUT2D eigenvalue weighted by Gasteiger charge is 2.25. The molecule has 1 amide bonds. The molecule has 1 atom stereocenters. The number of pyridine rings is 1. The average Bonchev–Trinajstić information content (AvgIpc) is 2.50. The van der Waals surface area contributed by atoms with Crippen LogP contribution in [0.15, 0.2) is 41.0 Å². The topological polar surface area (TPSA) is 63.2 Å². The maximum absolute atomic E-state index is 12.2. The minimum atomic E-state index is -0.578. The fourth-order valence-corrected chi connectivity index (χ4v) is 2.29. The number of anilines is 2. The molecule has 6 heteroatoms. The SMILES string of the molecule is Cc1cc(NC(=O)C2CNc3ccccc3O2)ncc1Br. The molecular formula is C15H14BrN3O2. The predicted octanol–water partition coefficient (Wildman–Crippen LogP) is 2.96. The quantitative estimate of drug-likeness (QED) is 0.876. The lowest BCUT2D eigenvalue weighted by molar-refractivity contribution is -0.122. The van der Waals surface area contributed by atoms with E-state index >= 15 is 0 Å². The van der Waals surface area contributed by atoms with E-state index in [0.717, 1.165) is 15.7 Å². The van der Waals surface area contributed by atoms with Crippen LogP contribution in [0.1, 0.15) is 5.56 Å². The second-order valence-electron chi connectivity index (χ2n) is 4.79. The Morgan fingerprint density at radius 1 is 1.48 bits per heavy atom. The van der Waals surface area contributed by atoms with Crippen LogP contribution < -0.4 is 15.4 Å². The first kappa shape index (κ1) is 13.9. The summed E-state index contributed by atoms with van der Waals surface area (Å²) in [4.78, 5) is 16.4. The van der Waals surface area contributed by atoms with E-state index in [-0.39, 0.29) is 5.91 Å². The van der Waals surface area contributed by atoms with Gasteiger partial charge in [0.2, 0.25) is 0 Å². The van der Waals surface area contributed by atoms with E-state index in [0.29, 0.717) is 18.1 Å². The van der Waals surface area contributed by atoms with Gasteiger partial charge in [0.15, 0.2) is 6.10 Å². The smallest absolute Gasteiger partial charge is 0.268 e. The summed E-state index contributed by atoms with van der Waals surface area (Å²) in [6, 6.07) is 9.36. The molecule has 2 aromatic rings. The molecular weight excluding hydrogens is 334 g/mol. The van der Waals surface area contributed by atoms with E-state index in [1.54, 1.807) is 6.20 Å². The molecule has 1 unspecified atom stereocenters. The third-order valence-corrected chi connectivity index (χ3v) is 4.05. The number of amides is 1. The summed E-state index contributed by atoms with van der Waals surface area (Å²) in [5.41, 5.74) is 1.91. The van der Waals surface area contributed by atoms with Gasteiger partial charge in [-0.3, -0.25) is 4.79 Å². The summed E-state index contributed by atoms with van der Waals surface area (Å²) in [5, 5.41) is 5.96. The Bertz CT molecular complexity index is 690. The summed E-state index contributed by atoms with van der Waals surface area (Å²) in [7, 11) is 0. The zero-order valence-corrected chi connectivity index (χ0v) is 13.0. The van der Waals surface area contributed by atoms with Crippen molar-refractivity contribution >= 4 is 33.3 Å². The van der Waals surface area contributed by atoms with Crippen LogP contribution in [0.3, 0.4) is 0 Å². The molecule has 0 saturated heterocycles. The van der Waals surface area contributed by atoms with Gasteiger partial charge in [0.1, 0.15) is 11.6 Å². The van der Waals surface area contributed by atoms with Gasteiger partial charge in [-0.25, -0.2) is 4.98 Å². The highest BCUT2D eigenvalue weighted by Crippen LogP contribution is 2.28. The number of fused-ring (bicyclic) bond motifs is 1. The third kappa shape index (κ3) is 3.00. The van der Waals surface area contributed by atoms with Crippen LogP contribution in [0.5, 0.6) is 5.75 Å². The Balaban J connectivity index is 1.70. The van der Waals surface area contributed by atoms with Crippen LogP contribution >= 0.6 is 15.9 Å². The van der Waals surface area contributed by atoms with Crippen LogP contribution in [0, 0.1) is 6.92 Å². The minimum absolute atomic E-state index is 0.216. The van der Waals surface area contributed by atoms with Crippen LogP contribution in [0.25, 0.3) is 0 Å². The van der Waals surface area contributed by atoms with Crippen molar-refractivity contribution in [3.05, 3.63) is 46.6 Å². The molecule has 1 aliphatic rings. The fourth-order valence-electron chi connectivity index (χ4n) is 2.07. The number of aromatic nitrogens is 1. The van der Waals surface area contributed by atoms with Crippen molar-refractivity contribution < 1.29 is 9.53 Å². The first-order valence-electron chi connectivity index (χ1n) is 6.56. The van der Waals surface area contributed by atoms with Crippen LogP contribution in [0.4, 0.5) is 11.5 Å². The van der Waals surface area contributed by atoms with Gasteiger partial charge in [0.05, 0.1) is 12.2 Å². The van der Waals surface area contributed by atoms with Crippen molar-refractivity contribution in [1.82, 2.24) is 4.98 Å². The van der Waals surface area contributed by atoms with Gasteiger partial charge in [-0.15, -0.1) is 0 Å². The molecule has 0 bridgehead atoms. The van der Waals surface area contributed by atoms with E-state index in [9.17, 15) is 4.79 Å². The van der Waals surface area contributed by atoms with Gasteiger partial charge in [0.25, 0.3) is 5.91 Å². The lowest BCUT2D eigenvalue weighted by Crippen LogP contribution is -2.41. The molecule has 2 heterocycles. The molecule has 3 rings (SSSR count). The molecule has 0 spiro atoms. The number of carbonyl (C=O) groups excluding carboxylic acids is 1. The summed E-state index contributed by atoms with van der Waals surface area (Å²) in [6.45, 7) is 2.37. The van der Waals surface area contributed by atoms with E-state index in [4.69, 9.17) is 4.74 Å². The molecule has 0 saturated carbocycles. The molecule has 1 aliphatic heterocycles. The summed E-state index contributed by atoms with van der Waals surface area (Å²) in [6.07, 6.45) is 1.09. The molecule has 108 valence electrons. The van der Waals surface area contributed by atoms with Crippen molar-refractivity contribution in [2.75, 3.05) is 17.2 Å². The largest absolute Gasteiger partial charge is 0.477 e. The molecule has 1 aromatic carbocycles. The van der Waals surface area contributed by atoms with Crippen molar-refractivity contribution in [3.63, 3.8) is 0 Å². The van der Waals surface area contributed by atoms with Gasteiger partial charge in [0, 0.05) is 10.7 Å². The number of carbonyl (C=O) groups is 1. The Morgan fingerprint density at radius 3 is 3.10 bits per heavy atom. The summed E-state index contributed by atoms with van der Waals surface area (Å²) >= 11 is 3.38. The second-order valence-corrected chi connectivity index (χ2v) is 5.65. The number of rotatable bonds is 2. The van der Waals surface area contributed by atoms with Crippen molar-refractivity contribution in [3.8, 4) is 5.75 Å². The molecule has 5 nitrogen and oxygen atoms in total. The molecule has 21 heavy (non-hydrogen) atoms. The number of halogens is 1. The average molecular weight is 348 g/mol. The van der Waals surface area contributed by atoms with Crippen molar-refractivity contribution in [2.45, 2.75) is 13.0 Å². The Labute approximate surface area is 130 Å². The Kier molecular flexibility index (Phi) is 3.79. The maximum Gasteiger partial charge on any atom is 0.268 e. The number of ether oxygens (including phenoxy) is 1. The Morgan fingerprint density at radius 2 is 2.29 bits per heavy atom. The van der Waals surface area contributed by atoms with E-state index in [2.05, 4.69) is 31.5 Å². The standard InChI is InChI=1S/C15H14BrN3O2/c1-9-6-14(18-7-10(9)16)19-15(20)13-8-17-11-4-2-3-5-12(11)21-13/h2-7,13,17H,8H2,1H3,(H,18,19,20). The lowest BCUT2D eigenvalue weighted by Gasteiger charge is -2.26. The van der Waals surface area contributed by atoms with E-state index < -0.39 is 6.10 Å². The minimum Gasteiger partial charge on any atom is -0.477 e. The van der Waals surface area contributed by atoms with Crippen LogP contribution in [-0.2, 0) is 4.79 Å². The third-order valence-electron chi connectivity index (χ3n) is 3.22. The number of hydrogen-bond donors (Lipinski definition) is 2. The number of nitrogens with one attached hydrogen (secondary N) is 2. The van der Waals surface area contributed by atoms with Gasteiger partial charge in [-0.05, 0) is 46.6 Å². The first-order valence-corrected chi connectivity index (χ1v) is 7.35. The fraction of sp³-hybridized carbons (Fsp3) is 0.200. The second kappa shape index (κ2) is 5.73. The highest BCUT2D eigenvalue weighted by atomic mass is 79.9. The number of para-hydroxylation sites is 2. The number of nitrogens with zero attached hydrogens (tertiary/aromatic N) is 1. The lowest BCUT2D eigenvalue weighted by atomic mass is 10.2. The monoisotopic (exact) mass is 347 g/mol. The van der Waals surface area contributed by atoms with Gasteiger partial charge in [-0.1, -0.05) is 12.1 Å². The molecule has 1 aromatic heterocycles. The van der Waals surface area contributed by atoms with Gasteiger partial charge in [-0.2, -0.15) is 0 Å². The number of benzene rings is 1. The zero-order valence-electron chi connectivity index (χ0n) is 11.4. The van der Waals surface area contributed by atoms with Crippen molar-refractivity contribution in [1.29, 1.82) is 0 Å². The predicted molar refractivity (Wildman–Crippen MR) is 84.7 cm³/mol. The van der Waals surface area contributed by atoms with E-state index in [1.807, 2.05) is 37.3 Å². The highest BCUT2D eigenvalue weighted by molar-refractivity contribution is 9.10. The molecule has 0 fully saturated rings. The van der Waals surface area contributed by atoms with E-state index in [1.165, 1.54) is 0 Å². The molecule has 0 aliphatic carbocycles. The van der Waals surface area contributed by atoms with Gasteiger partial charge >= 0.3 is 0 Å². The maximum atomic E-state index is 12.2. The van der Waals surface area contributed by atoms with Crippen LogP contribution in [0.2, 0.25) is 0 Å². The number of hydrogen-bond acceptors (Lipinski definition) is 4. The van der Waals surface area contributed by atoms with Gasteiger partial charge < -0.3 is 15.4 Å². The Hall–Kier alpha value is -2.08. The molecule has 0 radical (unpaired) electrons. The van der Waals surface area contributed by atoms with Crippen LogP contribution in [-0.4, -0.2) is 23.5 Å². The first-order chi connectivity index (χ1) is 10.1. The molecule has 2 N–H and O–H groups in total. The number of aryl methyl sites for hydroxylation is 1. The normalized spacial score (nSPS) is 16.4. The van der Waals surface area contributed by atoms with Crippen molar-refractivity contribution in [2.24, 2.45) is 0 Å². The summed E-state index contributed by atoms with van der Waals surface area (Å²) in [5.74, 6) is 0.984. The summed E-state index contributed by atoms with van der Waals surface area (Å²) < 4.78 is 6.62. The zero-order chi connectivity index (χ0) is 14.8.